The Balaban J connectivity index is 1.85. The summed E-state index contributed by atoms with van der Waals surface area (Å²) < 4.78 is 5.21. The van der Waals surface area contributed by atoms with Crippen LogP contribution in [0.25, 0.3) is 0 Å². The Hall–Kier alpha value is -0.940. The molecule has 1 aliphatic rings. The van der Waals surface area contributed by atoms with Crippen molar-refractivity contribution in [3.63, 3.8) is 0 Å². The molecule has 0 saturated heterocycles. The first-order valence-electron chi connectivity index (χ1n) is 6.46. The van der Waals surface area contributed by atoms with Crippen LogP contribution in [-0.4, -0.2) is 34.2 Å². The maximum absolute atomic E-state index is 5.91. The summed E-state index contributed by atoms with van der Waals surface area (Å²) in [5.74, 6) is 1.51. The van der Waals surface area contributed by atoms with Crippen molar-refractivity contribution in [3.05, 3.63) is 11.7 Å². The fourth-order valence-corrected chi connectivity index (χ4v) is 2.38. The molecule has 0 radical (unpaired) electrons. The molecule has 0 aromatic carbocycles. The van der Waals surface area contributed by atoms with E-state index in [2.05, 4.69) is 22.1 Å². The van der Waals surface area contributed by atoms with E-state index < -0.39 is 0 Å². The molecule has 2 rings (SSSR count). The molecule has 1 heterocycles. The van der Waals surface area contributed by atoms with Crippen molar-refractivity contribution in [2.45, 2.75) is 57.7 Å². The number of nitrogens with two attached hydrogens (primary N) is 1. The molecule has 0 unspecified atom stereocenters. The Morgan fingerprint density at radius 2 is 2.06 bits per heavy atom. The Morgan fingerprint density at radius 1 is 1.35 bits per heavy atom. The molecule has 0 aliphatic heterocycles. The highest BCUT2D eigenvalue weighted by Gasteiger charge is 2.23. The first-order valence-corrected chi connectivity index (χ1v) is 6.46. The molecule has 0 spiro atoms. The predicted octanol–water partition coefficient (Wildman–Crippen LogP) is 1.33. The van der Waals surface area contributed by atoms with Crippen molar-refractivity contribution >= 4 is 0 Å². The van der Waals surface area contributed by atoms with Gasteiger partial charge in [0.2, 0.25) is 5.89 Å². The van der Waals surface area contributed by atoms with Gasteiger partial charge in [-0.25, -0.2) is 0 Å². The highest BCUT2D eigenvalue weighted by Crippen LogP contribution is 2.22. The molecule has 1 aromatic heterocycles. The van der Waals surface area contributed by atoms with Gasteiger partial charge in [-0.2, -0.15) is 4.98 Å². The van der Waals surface area contributed by atoms with Gasteiger partial charge in [0.15, 0.2) is 5.82 Å². The summed E-state index contributed by atoms with van der Waals surface area (Å²) >= 11 is 0. The average molecular weight is 238 g/mol. The van der Waals surface area contributed by atoms with Crippen LogP contribution >= 0.6 is 0 Å². The van der Waals surface area contributed by atoms with Crippen molar-refractivity contribution in [1.82, 2.24) is 15.0 Å². The van der Waals surface area contributed by atoms with Crippen LogP contribution in [0, 0.1) is 0 Å². The van der Waals surface area contributed by atoms with E-state index in [1.807, 2.05) is 6.92 Å². The van der Waals surface area contributed by atoms with Gasteiger partial charge in [0.05, 0.1) is 6.54 Å². The topological polar surface area (TPSA) is 68.2 Å². The first kappa shape index (κ1) is 12.5. The number of aryl methyl sites for hydroxylation is 1. The predicted molar refractivity (Wildman–Crippen MR) is 65.4 cm³/mol. The van der Waals surface area contributed by atoms with Crippen molar-refractivity contribution in [3.8, 4) is 0 Å². The zero-order chi connectivity index (χ0) is 12.3. The highest BCUT2D eigenvalue weighted by molar-refractivity contribution is 4.87. The Labute approximate surface area is 102 Å². The minimum Gasteiger partial charge on any atom is -0.338 e. The molecule has 0 amide bonds. The summed E-state index contributed by atoms with van der Waals surface area (Å²) in [6.45, 7) is 2.77. The third kappa shape index (κ3) is 3.26. The van der Waals surface area contributed by atoms with E-state index in [-0.39, 0.29) is 0 Å². The molecule has 1 aliphatic carbocycles. The molecule has 1 aromatic rings. The lowest BCUT2D eigenvalue weighted by Crippen LogP contribution is -2.38. The third-order valence-electron chi connectivity index (χ3n) is 3.58. The number of rotatable bonds is 4. The highest BCUT2D eigenvalue weighted by atomic mass is 16.5. The molecule has 5 heteroatoms. The largest absolute Gasteiger partial charge is 0.338 e. The van der Waals surface area contributed by atoms with E-state index in [1.54, 1.807) is 0 Å². The van der Waals surface area contributed by atoms with Crippen LogP contribution in [0.15, 0.2) is 4.52 Å². The average Bonchev–Trinajstić information content (AvgIpc) is 2.77. The molecule has 2 N–H and O–H groups in total. The van der Waals surface area contributed by atoms with Crippen LogP contribution in [0.5, 0.6) is 0 Å². The minimum atomic E-state index is 0.398. The van der Waals surface area contributed by atoms with E-state index >= 15 is 0 Å². The molecule has 0 bridgehead atoms. The van der Waals surface area contributed by atoms with Gasteiger partial charge >= 0.3 is 0 Å². The Kier molecular flexibility index (Phi) is 4.12. The van der Waals surface area contributed by atoms with Gasteiger partial charge < -0.3 is 10.3 Å². The third-order valence-corrected chi connectivity index (χ3v) is 3.58. The van der Waals surface area contributed by atoms with Crippen LogP contribution in [0.4, 0.5) is 0 Å². The SMILES string of the molecule is CCc1noc(CN(C)C2CCC(N)CC2)n1. The molecule has 1 fully saturated rings. The second-order valence-corrected chi connectivity index (χ2v) is 4.94. The van der Waals surface area contributed by atoms with E-state index in [9.17, 15) is 0 Å². The van der Waals surface area contributed by atoms with Crippen LogP contribution in [-0.2, 0) is 13.0 Å². The molecule has 0 atom stereocenters. The first-order chi connectivity index (χ1) is 8.19. The molecule has 17 heavy (non-hydrogen) atoms. The molecular formula is C12H22N4O. The number of hydrogen-bond donors (Lipinski definition) is 1. The smallest absolute Gasteiger partial charge is 0.240 e. The van der Waals surface area contributed by atoms with E-state index in [0.717, 1.165) is 37.5 Å². The van der Waals surface area contributed by atoms with Gasteiger partial charge in [-0.15, -0.1) is 0 Å². The molecular weight excluding hydrogens is 216 g/mol. The van der Waals surface area contributed by atoms with Crippen LogP contribution in [0.1, 0.15) is 44.3 Å². The van der Waals surface area contributed by atoms with Crippen molar-refractivity contribution in [1.29, 1.82) is 0 Å². The van der Waals surface area contributed by atoms with Gasteiger partial charge in [0.1, 0.15) is 0 Å². The number of aromatic nitrogens is 2. The summed E-state index contributed by atoms with van der Waals surface area (Å²) in [6, 6.07) is 1.00. The molecule has 96 valence electrons. The molecule has 1 saturated carbocycles. The van der Waals surface area contributed by atoms with Crippen molar-refractivity contribution in [2.24, 2.45) is 5.73 Å². The van der Waals surface area contributed by atoms with Crippen LogP contribution in [0.3, 0.4) is 0 Å². The fourth-order valence-electron chi connectivity index (χ4n) is 2.38. The van der Waals surface area contributed by atoms with Gasteiger partial charge in [0.25, 0.3) is 0 Å². The quantitative estimate of drug-likeness (QED) is 0.857. The monoisotopic (exact) mass is 238 g/mol. The maximum Gasteiger partial charge on any atom is 0.240 e. The zero-order valence-electron chi connectivity index (χ0n) is 10.7. The van der Waals surface area contributed by atoms with Crippen molar-refractivity contribution < 1.29 is 4.52 Å². The Morgan fingerprint density at radius 3 is 2.65 bits per heavy atom. The number of nitrogens with zero attached hydrogens (tertiary/aromatic N) is 3. The second kappa shape index (κ2) is 5.60. The number of hydrogen-bond acceptors (Lipinski definition) is 5. The summed E-state index contributed by atoms with van der Waals surface area (Å²) in [7, 11) is 2.12. The second-order valence-electron chi connectivity index (χ2n) is 4.94. The van der Waals surface area contributed by atoms with E-state index in [1.165, 1.54) is 12.8 Å². The maximum atomic E-state index is 5.91. The minimum absolute atomic E-state index is 0.398. The fraction of sp³-hybridized carbons (Fsp3) is 0.833. The lowest BCUT2D eigenvalue weighted by Gasteiger charge is -2.32. The van der Waals surface area contributed by atoms with Gasteiger partial charge in [-0.3, -0.25) is 4.90 Å². The summed E-state index contributed by atoms with van der Waals surface area (Å²) in [6.07, 6.45) is 5.42. The Bertz CT molecular complexity index is 344. The normalized spacial score (nSPS) is 25.4. The van der Waals surface area contributed by atoms with E-state index in [0.29, 0.717) is 12.1 Å². The lowest BCUT2D eigenvalue weighted by atomic mass is 9.91. The van der Waals surface area contributed by atoms with Crippen molar-refractivity contribution in [2.75, 3.05) is 7.05 Å². The van der Waals surface area contributed by atoms with Gasteiger partial charge in [0, 0.05) is 18.5 Å². The lowest BCUT2D eigenvalue weighted by molar-refractivity contribution is 0.158. The summed E-state index contributed by atoms with van der Waals surface area (Å²) in [5, 5.41) is 3.91. The zero-order valence-corrected chi connectivity index (χ0v) is 10.7. The standard InChI is InChI=1S/C12H22N4O/c1-3-11-14-12(17-15-11)8-16(2)10-6-4-9(13)5-7-10/h9-10H,3-8,13H2,1-2H3. The van der Waals surface area contributed by atoms with Crippen LogP contribution in [0.2, 0.25) is 0 Å². The molecule has 5 nitrogen and oxygen atoms in total. The van der Waals surface area contributed by atoms with E-state index in [4.69, 9.17) is 10.3 Å². The van der Waals surface area contributed by atoms with Gasteiger partial charge in [-0.05, 0) is 32.7 Å². The summed E-state index contributed by atoms with van der Waals surface area (Å²) in [4.78, 5) is 6.64. The van der Waals surface area contributed by atoms with Crippen LogP contribution < -0.4 is 5.73 Å². The summed E-state index contributed by atoms with van der Waals surface area (Å²) in [5.41, 5.74) is 5.91. The van der Waals surface area contributed by atoms with Gasteiger partial charge in [-0.1, -0.05) is 12.1 Å².